The number of nitriles is 1. The standard InChI is InChI=1S/C20H27N3O5S/c1-14-8-9-16(29(26,27)23(3)4)12-17(14)19(25)28-15(2)18(24)22-20(13-21)10-6-5-7-11-20/h8-9,12,15H,5-7,10-11H2,1-4H3,(H,22,24)/t15-/m1/s1. The highest BCUT2D eigenvalue weighted by molar-refractivity contribution is 7.89. The number of ether oxygens (including phenoxy) is 1. The van der Waals surface area contributed by atoms with Crippen LogP contribution in [0.2, 0.25) is 0 Å². The summed E-state index contributed by atoms with van der Waals surface area (Å²) in [4.78, 5) is 25.1. The fourth-order valence-electron chi connectivity index (χ4n) is 3.23. The maximum Gasteiger partial charge on any atom is 0.339 e. The van der Waals surface area contributed by atoms with Crippen LogP contribution >= 0.6 is 0 Å². The summed E-state index contributed by atoms with van der Waals surface area (Å²) < 4.78 is 31.0. The minimum absolute atomic E-state index is 0.0391. The van der Waals surface area contributed by atoms with Crippen LogP contribution in [0.3, 0.4) is 0 Å². The summed E-state index contributed by atoms with van der Waals surface area (Å²) in [6, 6.07) is 6.37. The minimum atomic E-state index is -3.71. The Bertz CT molecular complexity index is 928. The van der Waals surface area contributed by atoms with Gasteiger partial charge in [-0.15, -0.1) is 0 Å². The van der Waals surface area contributed by atoms with E-state index >= 15 is 0 Å². The number of carbonyl (C=O) groups is 2. The largest absolute Gasteiger partial charge is 0.449 e. The third kappa shape index (κ3) is 5.14. The molecule has 0 radical (unpaired) electrons. The van der Waals surface area contributed by atoms with Gasteiger partial charge in [0, 0.05) is 14.1 Å². The highest BCUT2D eigenvalue weighted by Gasteiger charge is 2.35. The number of benzene rings is 1. The quantitative estimate of drug-likeness (QED) is 0.703. The topological polar surface area (TPSA) is 117 Å². The number of rotatable bonds is 6. The highest BCUT2D eigenvalue weighted by atomic mass is 32.2. The van der Waals surface area contributed by atoms with Crippen molar-refractivity contribution in [3.8, 4) is 6.07 Å². The van der Waals surface area contributed by atoms with Crippen LogP contribution in [0, 0.1) is 18.3 Å². The lowest BCUT2D eigenvalue weighted by atomic mass is 9.83. The first-order valence-corrected chi connectivity index (χ1v) is 10.9. The summed E-state index contributed by atoms with van der Waals surface area (Å²) in [5, 5.41) is 12.2. The molecule has 1 aliphatic carbocycles. The Morgan fingerprint density at radius 3 is 2.41 bits per heavy atom. The molecule has 8 nitrogen and oxygen atoms in total. The second-order valence-corrected chi connectivity index (χ2v) is 9.71. The number of amides is 1. The first-order valence-electron chi connectivity index (χ1n) is 9.50. The van der Waals surface area contributed by atoms with Gasteiger partial charge >= 0.3 is 5.97 Å². The molecule has 29 heavy (non-hydrogen) atoms. The van der Waals surface area contributed by atoms with Crippen LogP contribution in [-0.2, 0) is 19.6 Å². The Balaban J connectivity index is 2.15. The summed E-state index contributed by atoms with van der Waals surface area (Å²) in [7, 11) is -0.918. The number of sulfonamides is 1. The molecular formula is C20H27N3O5S. The predicted octanol–water partition coefficient (Wildman–Crippen LogP) is 2.13. The van der Waals surface area contributed by atoms with Gasteiger partial charge < -0.3 is 10.1 Å². The Morgan fingerprint density at radius 1 is 1.24 bits per heavy atom. The first kappa shape index (κ1) is 22.8. The van der Waals surface area contributed by atoms with Crippen molar-refractivity contribution < 1.29 is 22.7 Å². The molecule has 1 saturated carbocycles. The lowest BCUT2D eigenvalue weighted by Gasteiger charge is -2.32. The van der Waals surface area contributed by atoms with E-state index in [0.29, 0.717) is 18.4 Å². The number of aryl methyl sites for hydroxylation is 1. The zero-order valence-corrected chi connectivity index (χ0v) is 18.0. The van der Waals surface area contributed by atoms with Gasteiger partial charge in [0.15, 0.2) is 6.10 Å². The Morgan fingerprint density at radius 2 is 1.86 bits per heavy atom. The van der Waals surface area contributed by atoms with Crippen LogP contribution in [0.4, 0.5) is 0 Å². The fourth-order valence-corrected chi connectivity index (χ4v) is 4.16. The normalized spacial score (nSPS) is 17.2. The molecular weight excluding hydrogens is 394 g/mol. The van der Waals surface area contributed by atoms with Gasteiger partial charge in [0.25, 0.3) is 5.91 Å². The van der Waals surface area contributed by atoms with Gasteiger partial charge in [0.05, 0.1) is 16.5 Å². The third-order valence-electron chi connectivity index (χ3n) is 5.14. The van der Waals surface area contributed by atoms with Crippen LogP contribution in [0.1, 0.15) is 54.9 Å². The van der Waals surface area contributed by atoms with Crippen molar-refractivity contribution in [2.24, 2.45) is 0 Å². The average Bonchev–Trinajstić information content (AvgIpc) is 2.68. The van der Waals surface area contributed by atoms with E-state index in [2.05, 4.69) is 11.4 Å². The average molecular weight is 422 g/mol. The van der Waals surface area contributed by atoms with Crippen LogP contribution in [0.15, 0.2) is 23.1 Å². The first-order chi connectivity index (χ1) is 13.5. The van der Waals surface area contributed by atoms with E-state index in [-0.39, 0.29) is 10.5 Å². The number of esters is 1. The van der Waals surface area contributed by atoms with Gasteiger partial charge in [-0.1, -0.05) is 25.3 Å². The van der Waals surface area contributed by atoms with E-state index in [9.17, 15) is 23.3 Å². The van der Waals surface area contributed by atoms with Gasteiger partial charge in [-0.05, 0) is 44.4 Å². The van der Waals surface area contributed by atoms with Crippen LogP contribution in [0.5, 0.6) is 0 Å². The summed E-state index contributed by atoms with van der Waals surface area (Å²) in [6.45, 7) is 3.08. The molecule has 2 rings (SSSR count). The zero-order chi connectivity index (χ0) is 21.8. The molecule has 1 atom stereocenters. The maximum absolute atomic E-state index is 12.6. The van der Waals surface area contributed by atoms with Crippen molar-refractivity contribution in [3.05, 3.63) is 29.3 Å². The van der Waals surface area contributed by atoms with E-state index in [1.165, 1.54) is 39.2 Å². The summed E-state index contributed by atoms with van der Waals surface area (Å²) in [5.41, 5.74) is -0.327. The lowest BCUT2D eigenvalue weighted by Crippen LogP contribution is -2.52. The van der Waals surface area contributed by atoms with Crippen molar-refractivity contribution in [3.63, 3.8) is 0 Å². The van der Waals surface area contributed by atoms with E-state index in [1.54, 1.807) is 6.92 Å². The highest BCUT2D eigenvalue weighted by Crippen LogP contribution is 2.27. The number of nitrogens with one attached hydrogen (secondary N) is 1. The number of hydrogen-bond acceptors (Lipinski definition) is 6. The minimum Gasteiger partial charge on any atom is -0.449 e. The maximum atomic E-state index is 12.6. The zero-order valence-electron chi connectivity index (χ0n) is 17.2. The monoisotopic (exact) mass is 421 g/mol. The number of hydrogen-bond donors (Lipinski definition) is 1. The van der Waals surface area contributed by atoms with E-state index in [4.69, 9.17) is 4.74 Å². The van der Waals surface area contributed by atoms with Crippen molar-refractivity contribution in [2.75, 3.05) is 14.1 Å². The van der Waals surface area contributed by atoms with Crippen molar-refractivity contribution in [1.82, 2.24) is 9.62 Å². The lowest BCUT2D eigenvalue weighted by molar-refractivity contribution is -0.130. The molecule has 0 unspecified atom stereocenters. The fraction of sp³-hybridized carbons (Fsp3) is 0.550. The van der Waals surface area contributed by atoms with Gasteiger partial charge in [-0.2, -0.15) is 5.26 Å². The molecule has 0 heterocycles. The van der Waals surface area contributed by atoms with Gasteiger partial charge in [0.2, 0.25) is 10.0 Å². The van der Waals surface area contributed by atoms with Gasteiger partial charge in [0.1, 0.15) is 5.54 Å². The Labute approximate surface area is 171 Å². The van der Waals surface area contributed by atoms with Crippen LogP contribution in [-0.4, -0.2) is 50.3 Å². The number of nitrogens with zero attached hydrogens (tertiary/aromatic N) is 2. The molecule has 1 amide bonds. The molecule has 0 bridgehead atoms. The van der Waals surface area contributed by atoms with E-state index in [0.717, 1.165) is 23.6 Å². The molecule has 0 spiro atoms. The molecule has 0 aliphatic heterocycles. The van der Waals surface area contributed by atoms with E-state index < -0.39 is 33.5 Å². The second-order valence-electron chi connectivity index (χ2n) is 7.56. The number of carbonyl (C=O) groups excluding carboxylic acids is 2. The summed E-state index contributed by atoms with van der Waals surface area (Å²) in [5.74, 6) is -1.34. The molecule has 0 aromatic heterocycles. The van der Waals surface area contributed by atoms with Crippen LogP contribution in [0.25, 0.3) is 0 Å². The Kier molecular flexibility index (Phi) is 7.03. The van der Waals surface area contributed by atoms with Gasteiger partial charge in [-0.25, -0.2) is 17.5 Å². The molecule has 158 valence electrons. The second kappa shape index (κ2) is 8.93. The molecule has 1 aliphatic rings. The van der Waals surface area contributed by atoms with Crippen molar-refractivity contribution >= 4 is 21.9 Å². The molecule has 1 fully saturated rings. The Hall–Kier alpha value is -2.44. The SMILES string of the molecule is Cc1ccc(S(=O)(=O)N(C)C)cc1C(=O)O[C@H](C)C(=O)NC1(C#N)CCCCC1. The van der Waals surface area contributed by atoms with Gasteiger partial charge in [-0.3, -0.25) is 4.79 Å². The molecule has 1 aromatic rings. The van der Waals surface area contributed by atoms with Crippen LogP contribution < -0.4 is 5.32 Å². The summed E-state index contributed by atoms with van der Waals surface area (Å²) in [6.07, 6.45) is 2.75. The van der Waals surface area contributed by atoms with Crippen molar-refractivity contribution in [2.45, 2.75) is 62.5 Å². The molecule has 1 aromatic carbocycles. The molecule has 9 heteroatoms. The molecule has 0 saturated heterocycles. The van der Waals surface area contributed by atoms with Crippen molar-refractivity contribution in [1.29, 1.82) is 5.26 Å². The summed E-state index contributed by atoms with van der Waals surface area (Å²) >= 11 is 0. The third-order valence-corrected chi connectivity index (χ3v) is 6.96. The smallest absolute Gasteiger partial charge is 0.339 e. The van der Waals surface area contributed by atoms with E-state index in [1.807, 2.05) is 0 Å². The molecule has 1 N–H and O–H groups in total. The predicted molar refractivity (Wildman–Crippen MR) is 107 cm³/mol.